The van der Waals surface area contributed by atoms with Crippen LogP contribution in [0.25, 0.3) is 0 Å². The molecule has 1 unspecified atom stereocenters. The maximum absolute atomic E-state index is 12.2. The normalized spacial score (nSPS) is 25.0. The van der Waals surface area contributed by atoms with Crippen molar-refractivity contribution in [1.82, 2.24) is 14.5 Å². The lowest BCUT2D eigenvalue weighted by atomic mass is 9.99. The average molecular weight is 346 g/mol. The number of nitrogens with zero attached hydrogens (tertiary/aromatic N) is 2. The Kier molecular flexibility index (Phi) is 7.30. The molecule has 0 saturated carbocycles. The van der Waals surface area contributed by atoms with Crippen LogP contribution in [0.3, 0.4) is 0 Å². The van der Waals surface area contributed by atoms with Crippen LogP contribution in [-0.4, -0.2) is 69.1 Å². The van der Waals surface area contributed by atoms with E-state index < -0.39 is 10.0 Å². The van der Waals surface area contributed by atoms with Crippen LogP contribution in [0, 0.1) is 5.92 Å². The molecular formula is C16H31N3O3S. The van der Waals surface area contributed by atoms with E-state index in [1.165, 1.54) is 49.3 Å². The first-order chi connectivity index (χ1) is 11.0. The molecule has 7 heteroatoms. The molecule has 1 N–H and O–H groups in total. The summed E-state index contributed by atoms with van der Waals surface area (Å²) in [5.41, 5.74) is 0. The number of carbonyl (C=O) groups excluding carboxylic acids is 1. The number of hydrogen-bond donors (Lipinski definition) is 1. The second-order valence-corrected chi connectivity index (χ2v) is 8.84. The van der Waals surface area contributed by atoms with Crippen LogP contribution in [0.4, 0.5) is 0 Å². The smallest absolute Gasteiger partial charge is 0.224 e. The maximum Gasteiger partial charge on any atom is 0.224 e. The number of nitrogens with one attached hydrogen (secondary N) is 1. The van der Waals surface area contributed by atoms with Gasteiger partial charge in [0.25, 0.3) is 0 Å². The van der Waals surface area contributed by atoms with Gasteiger partial charge >= 0.3 is 0 Å². The number of carbonyl (C=O) groups is 1. The molecule has 1 amide bonds. The summed E-state index contributed by atoms with van der Waals surface area (Å²) in [6, 6.07) is 0. The fourth-order valence-corrected chi connectivity index (χ4v) is 4.39. The highest BCUT2D eigenvalue weighted by atomic mass is 32.2. The highest BCUT2D eigenvalue weighted by molar-refractivity contribution is 7.88. The second kappa shape index (κ2) is 8.99. The Hall–Kier alpha value is -0.660. The van der Waals surface area contributed by atoms with Gasteiger partial charge in [0.05, 0.1) is 12.2 Å². The van der Waals surface area contributed by atoms with Crippen LogP contribution in [0.15, 0.2) is 0 Å². The van der Waals surface area contributed by atoms with E-state index in [0.29, 0.717) is 19.6 Å². The first-order valence-corrected chi connectivity index (χ1v) is 10.8. The number of amides is 1. The molecule has 134 valence electrons. The lowest BCUT2D eigenvalue weighted by Crippen LogP contribution is -2.45. The van der Waals surface area contributed by atoms with Crippen LogP contribution >= 0.6 is 0 Å². The molecule has 0 aliphatic carbocycles. The van der Waals surface area contributed by atoms with Gasteiger partial charge in [-0.05, 0) is 51.7 Å². The molecule has 23 heavy (non-hydrogen) atoms. The number of hydrogen-bond acceptors (Lipinski definition) is 4. The fourth-order valence-electron chi connectivity index (χ4n) is 3.48. The molecule has 6 nitrogen and oxygen atoms in total. The van der Waals surface area contributed by atoms with Gasteiger partial charge in [0.15, 0.2) is 0 Å². The van der Waals surface area contributed by atoms with Crippen molar-refractivity contribution in [3.63, 3.8) is 0 Å². The van der Waals surface area contributed by atoms with Gasteiger partial charge in [-0.1, -0.05) is 12.8 Å². The summed E-state index contributed by atoms with van der Waals surface area (Å²) in [5.74, 6) is -0.189. The number of sulfonamides is 1. The monoisotopic (exact) mass is 345 g/mol. The Labute approximate surface area is 140 Å². The van der Waals surface area contributed by atoms with Gasteiger partial charge in [-0.15, -0.1) is 0 Å². The zero-order chi connectivity index (χ0) is 16.7. The van der Waals surface area contributed by atoms with E-state index in [4.69, 9.17) is 0 Å². The molecule has 2 saturated heterocycles. The predicted molar refractivity (Wildman–Crippen MR) is 91.7 cm³/mol. The Morgan fingerprint density at radius 2 is 1.78 bits per heavy atom. The highest BCUT2D eigenvalue weighted by Crippen LogP contribution is 2.18. The SMILES string of the molecule is CS(=O)(=O)N1CCCC(C(=O)NCCCN2CCCCCC2)C1. The van der Waals surface area contributed by atoms with E-state index in [9.17, 15) is 13.2 Å². The fraction of sp³-hybridized carbons (Fsp3) is 0.938. The summed E-state index contributed by atoms with van der Waals surface area (Å²) in [6.45, 7) is 4.96. The molecule has 2 aliphatic heterocycles. The van der Waals surface area contributed by atoms with E-state index >= 15 is 0 Å². The van der Waals surface area contributed by atoms with Gasteiger partial charge in [0, 0.05) is 19.6 Å². The average Bonchev–Trinajstić information content (AvgIpc) is 2.79. The Balaban J connectivity index is 1.66. The van der Waals surface area contributed by atoms with Gasteiger partial charge in [-0.25, -0.2) is 12.7 Å². The summed E-state index contributed by atoms with van der Waals surface area (Å²) >= 11 is 0. The van der Waals surface area contributed by atoms with Gasteiger partial charge in [-0.2, -0.15) is 0 Å². The maximum atomic E-state index is 12.2. The Morgan fingerprint density at radius 1 is 1.09 bits per heavy atom. The molecule has 0 spiro atoms. The lowest BCUT2D eigenvalue weighted by molar-refractivity contribution is -0.126. The minimum absolute atomic E-state index is 0.00853. The van der Waals surface area contributed by atoms with Crippen molar-refractivity contribution in [2.75, 3.05) is 45.5 Å². The third-order valence-corrected chi connectivity index (χ3v) is 6.14. The molecule has 2 rings (SSSR count). The third-order valence-electron chi connectivity index (χ3n) is 4.87. The van der Waals surface area contributed by atoms with Crippen molar-refractivity contribution in [3.05, 3.63) is 0 Å². The molecule has 0 bridgehead atoms. The first-order valence-electron chi connectivity index (χ1n) is 8.92. The molecule has 0 aromatic carbocycles. The molecule has 2 heterocycles. The van der Waals surface area contributed by atoms with E-state index in [0.717, 1.165) is 25.8 Å². The molecule has 2 aliphatic rings. The molecule has 2 fully saturated rings. The van der Waals surface area contributed by atoms with Crippen LogP contribution < -0.4 is 5.32 Å². The second-order valence-electron chi connectivity index (χ2n) is 6.86. The van der Waals surface area contributed by atoms with E-state index in [1.54, 1.807) is 0 Å². The summed E-state index contributed by atoms with van der Waals surface area (Å²) in [5, 5.41) is 2.99. The van der Waals surface area contributed by atoms with Crippen LogP contribution in [0.2, 0.25) is 0 Å². The predicted octanol–water partition coefficient (Wildman–Crippen LogP) is 1.04. The Bertz CT molecular complexity index is 473. The zero-order valence-electron chi connectivity index (χ0n) is 14.3. The van der Waals surface area contributed by atoms with E-state index in [-0.39, 0.29) is 11.8 Å². The van der Waals surface area contributed by atoms with E-state index in [2.05, 4.69) is 10.2 Å². The van der Waals surface area contributed by atoms with Gasteiger partial charge in [0.1, 0.15) is 0 Å². The molecule has 0 aromatic heterocycles. The van der Waals surface area contributed by atoms with Gasteiger partial charge in [0.2, 0.25) is 15.9 Å². The Morgan fingerprint density at radius 3 is 2.43 bits per heavy atom. The number of likely N-dealkylation sites (tertiary alicyclic amines) is 1. The van der Waals surface area contributed by atoms with Gasteiger partial charge in [-0.3, -0.25) is 4.79 Å². The number of rotatable bonds is 6. The van der Waals surface area contributed by atoms with Crippen LogP contribution in [0.5, 0.6) is 0 Å². The summed E-state index contributed by atoms with van der Waals surface area (Å²) in [7, 11) is -3.19. The quantitative estimate of drug-likeness (QED) is 0.730. The molecule has 0 aromatic rings. The summed E-state index contributed by atoms with van der Waals surface area (Å²) in [6.07, 6.45) is 8.98. The minimum atomic E-state index is -3.19. The standard InChI is InChI=1S/C16H31N3O3S/c1-23(21,22)19-13-6-8-15(14-19)16(20)17-9-7-12-18-10-4-2-3-5-11-18/h15H,2-14H2,1H3,(H,17,20). The van der Waals surface area contributed by atoms with Crippen molar-refractivity contribution in [2.24, 2.45) is 5.92 Å². The summed E-state index contributed by atoms with van der Waals surface area (Å²) in [4.78, 5) is 14.7. The summed E-state index contributed by atoms with van der Waals surface area (Å²) < 4.78 is 24.6. The van der Waals surface area contributed by atoms with Crippen molar-refractivity contribution >= 4 is 15.9 Å². The first kappa shape index (κ1) is 18.7. The molecule has 0 radical (unpaired) electrons. The van der Waals surface area contributed by atoms with Crippen LogP contribution in [0.1, 0.15) is 44.9 Å². The van der Waals surface area contributed by atoms with Crippen molar-refractivity contribution in [2.45, 2.75) is 44.9 Å². The topological polar surface area (TPSA) is 69.7 Å². The number of piperidine rings is 1. The highest BCUT2D eigenvalue weighted by Gasteiger charge is 2.29. The van der Waals surface area contributed by atoms with Crippen molar-refractivity contribution in [3.8, 4) is 0 Å². The molecular weight excluding hydrogens is 314 g/mol. The van der Waals surface area contributed by atoms with Crippen molar-refractivity contribution < 1.29 is 13.2 Å². The van der Waals surface area contributed by atoms with Crippen LogP contribution in [-0.2, 0) is 14.8 Å². The molecule has 1 atom stereocenters. The third kappa shape index (κ3) is 6.39. The lowest BCUT2D eigenvalue weighted by Gasteiger charge is -2.30. The van der Waals surface area contributed by atoms with Crippen molar-refractivity contribution in [1.29, 1.82) is 0 Å². The largest absolute Gasteiger partial charge is 0.356 e. The zero-order valence-corrected chi connectivity index (χ0v) is 15.1. The minimum Gasteiger partial charge on any atom is -0.356 e. The van der Waals surface area contributed by atoms with E-state index in [1.807, 2.05) is 0 Å². The van der Waals surface area contributed by atoms with Gasteiger partial charge < -0.3 is 10.2 Å².